The summed E-state index contributed by atoms with van der Waals surface area (Å²) in [5.41, 5.74) is 2.17. The molecule has 0 aliphatic heterocycles. The average Bonchev–Trinajstić information content (AvgIpc) is 2.52. The van der Waals surface area contributed by atoms with Gasteiger partial charge in [-0.25, -0.2) is 0 Å². The lowest BCUT2D eigenvalue weighted by Gasteiger charge is -2.22. The summed E-state index contributed by atoms with van der Waals surface area (Å²) in [4.78, 5) is 12.0. The molecule has 1 aromatic rings. The van der Waals surface area contributed by atoms with Gasteiger partial charge < -0.3 is 10.6 Å². The average molecular weight is 311 g/mol. The molecule has 1 aliphatic rings. The van der Waals surface area contributed by atoms with E-state index in [-0.39, 0.29) is 18.3 Å². The first-order chi connectivity index (χ1) is 9.81. The molecule has 1 amide bonds. The molecule has 1 saturated carbocycles. The lowest BCUT2D eigenvalue weighted by molar-refractivity contribution is 0.0953. The second-order valence-electron chi connectivity index (χ2n) is 5.67. The van der Waals surface area contributed by atoms with Crippen LogP contribution in [0.3, 0.4) is 0 Å². The lowest BCUT2D eigenvalue weighted by atomic mass is 9.84. The van der Waals surface area contributed by atoms with E-state index in [0.717, 1.165) is 25.1 Å². The van der Waals surface area contributed by atoms with E-state index in [1.165, 1.54) is 37.7 Å². The third-order valence-electron chi connectivity index (χ3n) is 4.14. The topological polar surface area (TPSA) is 41.1 Å². The highest BCUT2D eigenvalue weighted by Gasteiger charge is 2.15. The molecule has 0 bridgehead atoms. The molecular weight excluding hydrogens is 284 g/mol. The minimum Gasteiger partial charge on any atom is -0.352 e. The maximum absolute atomic E-state index is 12.0. The van der Waals surface area contributed by atoms with Crippen LogP contribution in [0.5, 0.6) is 0 Å². The summed E-state index contributed by atoms with van der Waals surface area (Å²) >= 11 is 0. The van der Waals surface area contributed by atoms with Crippen LogP contribution in [0.1, 0.15) is 60.4 Å². The van der Waals surface area contributed by atoms with E-state index in [1.807, 2.05) is 19.2 Å². The van der Waals surface area contributed by atoms with Gasteiger partial charge in [-0.15, -0.1) is 12.4 Å². The van der Waals surface area contributed by atoms with Crippen LogP contribution in [0, 0.1) is 0 Å². The fourth-order valence-electron chi connectivity index (χ4n) is 2.91. The summed E-state index contributed by atoms with van der Waals surface area (Å²) in [7, 11) is 1.92. The quantitative estimate of drug-likeness (QED) is 0.790. The Kier molecular flexibility index (Phi) is 8.40. The summed E-state index contributed by atoms with van der Waals surface area (Å²) in [6.07, 6.45) is 7.63. The Morgan fingerprint density at radius 2 is 1.76 bits per heavy atom. The summed E-state index contributed by atoms with van der Waals surface area (Å²) in [5, 5.41) is 6.03. The van der Waals surface area contributed by atoms with Crippen LogP contribution in [0.2, 0.25) is 0 Å². The Morgan fingerprint density at radius 1 is 1.10 bits per heavy atom. The summed E-state index contributed by atoms with van der Waals surface area (Å²) < 4.78 is 0. The van der Waals surface area contributed by atoms with Crippen molar-refractivity contribution >= 4 is 18.3 Å². The molecule has 0 atom stereocenters. The Bertz CT molecular complexity index is 413. The van der Waals surface area contributed by atoms with E-state index in [0.29, 0.717) is 5.92 Å². The molecule has 0 aromatic heterocycles. The molecule has 2 rings (SSSR count). The summed E-state index contributed by atoms with van der Waals surface area (Å²) in [5.74, 6) is 0.743. The Labute approximate surface area is 134 Å². The van der Waals surface area contributed by atoms with Crippen molar-refractivity contribution in [3.63, 3.8) is 0 Å². The van der Waals surface area contributed by atoms with Gasteiger partial charge >= 0.3 is 0 Å². The molecule has 1 aliphatic carbocycles. The third kappa shape index (κ3) is 5.68. The van der Waals surface area contributed by atoms with E-state index in [4.69, 9.17) is 0 Å². The number of halogens is 1. The van der Waals surface area contributed by atoms with E-state index >= 15 is 0 Å². The van der Waals surface area contributed by atoms with E-state index in [9.17, 15) is 4.79 Å². The van der Waals surface area contributed by atoms with Crippen LogP contribution in [0.25, 0.3) is 0 Å². The maximum atomic E-state index is 12.0. The number of amides is 1. The SMILES string of the molecule is CNCCCNC(=O)c1ccc(C2CCCCC2)cc1.Cl. The minimum atomic E-state index is 0. The number of hydrogen-bond donors (Lipinski definition) is 2. The number of nitrogens with one attached hydrogen (secondary N) is 2. The summed E-state index contributed by atoms with van der Waals surface area (Å²) in [6.45, 7) is 1.66. The number of hydrogen-bond acceptors (Lipinski definition) is 2. The predicted octanol–water partition coefficient (Wildman–Crippen LogP) is 3.50. The fourth-order valence-corrected chi connectivity index (χ4v) is 2.91. The molecule has 3 nitrogen and oxygen atoms in total. The summed E-state index contributed by atoms with van der Waals surface area (Å²) in [6, 6.07) is 8.21. The standard InChI is InChI=1S/C17H26N2O.ClH/c1-18-12-5-13-19-17(20)16-10-8-15(9-11-16)14-6-3-2-4-7-14;/h8-11,14,18H,2-7,12-13H2,1H3,(H,19,20);1H. The molecule has 0 unspecified atom stereocenters. The monoisotopic (exact) mass is 310 g/mol. The van der Waals surface area contributed by atoms with Crippen molar-refractivity contribution in [2.45, 2.75) is 44.4 Å². The molecule has 21 heavy (non-hydrogen) atoms. The number of carbonyl (C=O) groups excluding carboxylic acids is 1. The van der Waals surface area contributed by atoms with Crippen molar-refractivity contribution in [3.8, 4) is 0 Å². The van der Waals surface area contributed by atoms with E-state index in [1.54, 1.807) is 0 Å². The van der Waals surface area contributed by atoms with Gasteiger partial charge in [-0.1, -0.05) is 31.4 Å². The zero-order chi connectivity index (χ0) is 14.2. The van der Waals surface area contributed by atoms with Crippen LogP contribution in [0.15, 0.2) is 24.3 Å². The molecule has 1 fully saturated rings. The highest BCUT2D eigenvalue weighted by Crippen LogP contribution is 2.32. The van der Waals surface area contributed by atoms with Gasteiger partial charge in [-0.3, -0.25) is 4.79 Å². The van der Waals surface area contributed by atoms with Crippen molar-refractivity contribution in [1.82, 2.24) is 10.6 Å². The Hall–Kier alpha value is -1.06. The van der Waals surface area contributed by atoms with Crippen LogP contribution in [-0.2, 0) is 0 Å². The normalized spacial score (nSPS) is 15.3. The first-order valence-corrected chi connectivity index (χ1v) is 7.84. The lowest BCUT2D eigenvalue weighted by Crippen LogP contribution is -2.26. The van der Waals surface area contributed by atoms with Crippen LogP contribution < -0.4 is 10.6 Å². The van der Waals surface area contributed by atoms with Crippen molar-refractivity contribution in [3.05, 3.63) is 35.4 Å². The van der Waals surface area contributed by atoms with Gasteiger partial charge in [0.05, 0.1) is 0 Å². The van der Waals surface area contributed by atoms with Crippen LogP contribution >= 0.6 is 12.4 Å². The van der Waals surface area contributed by atoms with Crippen molar-refractivity contribution in [2.24, 2.45) is 0 Å². The maximum Gasteiger partial charge on any atom is 0.251 e. The highest BCUT2D eigenvalue weighted by atomic mass is 35.5. The van der Waals surface area contributed by atoms with Gasteiger partial charge in [0.25, 0.3) is 5.91 Å². The minimum absolute atomic E-state index is 0. The fraction of sp³-hybridized carbons (Fsp3) is 0.588. The largest absolute Gasteiger partial charge is 0.352 e. The predicted molar refractivity (Wildman–Crippen MR) is 90.4 cm³/mol. The zero-order valence-electron chi connectivity index (χ0n) is 12.9. The number of benzene rings is 1. The van der Waals surface area contributed by atoms with Crippen molar-refractivity contribution in [1.29, 1.82) is 0 Å². The van der Waals surface area contributed by atoms with Crippen molar-refractivity contribution in [2.75, 3.05) is 20.1 Å². The van der Waals surface area contributed by atoms with Gasteiger partial charge in [-0.2, -0.15) is 0 Å². The molecule has 0 saturated heterocycles. The van der Waals surface area contributed by atoms with E-state index in [2.05, 4.69) is 22.8 Å². The second kappa shape index (κ2) is 9.80. The number of rotatable bonds is 6. The zero-order valence-corrected chi connectivity index (χ0v) is 13.7. The molecule has 0 radical (unpaired) electrons. The molecule has 4 heteroatoms. The van der Waals surface area contributed by atoms with Gasteiger partial charge in [0, 0.05) is 12.1 Å². The first-order valence-electron chi connectivity index (χ1n) is 7.84. The first kappa shape index (κ1) is 18.0. The molecule has 118 valence electrons. The Morgan fingerprint density at radius 3 is 2.38 bits per heavy atom. The second-order valence-corrected chi connectivity index (χ2v) is 5.67. The van der Waals surface area contributed by atoms with Gasteiger partial charge in [0.2, 0.25) is 0 Å². The Balaban J connectivity index is 0.00000220. The smallest absolute Gasteiger partial charge is 0.251 e. The van der Waals surface area contributed by atoms with Crippen LogP contribution in [0.4, 0.5) is 0 Å². The number of carbonyl (C=O) groups is 1. The molecular formula is C17H27ClN2O. The van der Waals surface area contributed by atoms with Gasteiger partial charge in [0.15, 0.2) is 0 Å². The molecule has 0 spiro atoms. The highest BCUT2D eigenvalue weighted by molar-refractivity contribution is 5.94. The molecule has 2 N–H and O–H groups in total. The van der Waals surface area contributed by atoms with Gasteiger partial charge in [-0.05, 0) is 56.5 Å². The van der Waals surface area contributed by atoms with Gasteiger partial charge in [0.1, 0.15) is 0 Å². The molecule has 1 aromatic carbocycles. The third-order valence-corrected chi connectivity index (χ3v) is 4.14. The van der Waals surface area contributed by atoms with Crippen molar-refractivity contribution < 1.29 is 4.79 Å². The molecule has 0 heterocycles. The van der Waals surface area contributed by atoms with E-state index < -0.39 is 0 Å². The van der Waals surface area contributed by atoms with Crippen LogP contribution in [-0.4, -0.2) is 26.0 Å².